The van der Waals surface area contributed by atoms with Gasteiger partial charge in [0.1, 0.15) is 4.32 Å². The zero-order chi connectivity index (χ0) is 20.1. The quantitative estimate of drug-likeness (QED) is 0.543. The van der Waals surface area contributed by atoms with Crippen molar-refractivity contribution in [1.29, 1.82) is 0 Å². The Labute approximate surface area is 178 Å². The molecule has 1 atom stereocenters. The van der Waals surface area contributed by atoms with Crippen molar-refractivity contribution in [2.24, 2.45) is 5.92 Å². The normalized spacial score (nSPS) is 20.7. The largest absolute Gasteiger partial charge is 0.493 e. The van der Waals surface area contributed by atoms with Gasteiger partial charge in [-0.15, -0.1) is 0 Å². The fourth-order valence-electron chi connectivity index (χ4n) is 4.17. The minimum Gasteiger partial charge on any atom is -0.493 e. The van der Waals surface area contributed by atoms with Crippen LogP contribution >= 0.6 is 24.0 Å². The third-order valence-corrected chi connectivity index (χ3v) is 7.40. The molecule has 3 rings (SSSR count). The van der Waals surface area contributed by atoms with Gasteiger partial charge in [-0.05, 0) is 55.9 Å². The molecule has 0 unspecified atom stereocenters. The molecule has 0 aromatic heterocycles. The highest BCUT2D eigenvalue weighted by Crippen LogP contribution is 2.36. The molecule has 2 fully saturated rings. The molecule has 1 amide bonds. The monoisotopic (exact) mass is 421 g/mol. The van der Waals surface area contributed by atoms with Gasteiger partial charge >= 0.3 is 0 Å². The fourth-order valence-corrected chi connectivity index (χ4v) is 5.74. The lowest BCUT2D eigenvalue weighted by Gasteiger charge is -2.24. The lowest BCUT2D eigenvalue weighted by molar-refractivity contribution is -0.126. The molecule has 1 saturated heterocycles. The summed E-state index contributed by atoms with van der Waals surface area (Å²) in [4.78, 5) is 14.8. The first-order chi connectivity index (χ1) is 13.5. The molecule has 0 N–H and O–H groups in total. The highest BCUT2D eigenvalue weighted by atomic mass is 32.2. The van der Waals surface area contributed by atoms with Crippen LogP contribution in [0.15, 0.2) is 12.1 Å². The van der Waals surface area contributed by atoms with Crippen LogP contribution in [0.4, 0.5) is 0 Å². The van der Waals surface area contributed by atoms with Crippen molar-refractivity contribution in [3.05, 3.63) is 23.3 Å². The van der Waals surface area contributed by atoms with E-state index in [9.17, 15) is 4.79 Å². The van der Waals surface area contributed by atoms with Crippen LogP contribution in [0.1, 0.15) is 56.6 Å². The van der Waals surface area contributed by atoms with Gasteiger partial charge in [0.15, 0.2) is 11.5 Å². The first-order valence-electron chi connectivity index (χ1n) is 10.4. The lowest BCUT2D eigenvalue weighted by atomic mass is 9.87. The molecule has 4 nitrogen and oxygen atoms in total. The molecule has 6 heteroatoms. The maximum atomic E-state index is 13.0. The summed E-state index contributed by atoms with van der Waals surface area (Å²) in [5.41, 5.74) is 2.23. The fraction of sp³-hybridized carbons (Fsp3) is 0.636. The van der Waals surface area contributed by atoms with Gasteiger partial charge in [0.25, 0.3) is 0 Å². The third-order valence-electron chi connectivity index (χ3n) is 5.82. The van der Waals surface area contributed by atoms with Crippen LogP contribution in [-0.4, -0.2) is 40.6 Å². The molecular formula is C22H31NO3S2. The number of benzene rings is 1. The Bertz CT molecular complexity index is 716. The second-order valence-electron chi connectivity index (χ2n) is 7.72. The summed E-state index contributed by atoms with van der Waals surface area (Å²) in [6.07, 6.45) is 8.38. The molecule has 1 aromatic carbocycles. The van der Waals surface area contributed by atoms with Crippen LogP contribution in [0.5, 0.6) is 11.5 Å². The number of methoxy groups -OCH3 is 1. The van der Waals surface area contributed by atoms with Crippen LogP contribution in [0.3, 0.4) is 0 Å². The highest BCUT2D eigenvalue weighted by molar-refractivity contribution is 8.24. The molecule has 0 spiro atoms. The molecule has 1 aliphatic carbocycles. The number of ether oxygens (including phenoxy) is 2. The number of nitrogens with zero attached hydrogens (tertiary/aromatic N) is 1. The van der Waals surface area contributed by atoms with Gasteiger partial charge in [0, 0.05) is 6.54 Å². The van der Waals surface area contributed by atoms with Crippen molar-refractivity contribution in [3.63, 3.8) is 0 Å². The van der Waals surface area contributed by atoms with Crippen LogP contribution in [0, 0.1) is 12.8 Å². The summed E-state index contributed by atoms with van der Waals surface area (Å²) in [6.45, 7) is 5.36. The maximum Gasteiger partial charge on any atom is 0.241 e. The van der Waals surface area contributed by atoms with Crippen molar-refractivity contribution < 1.29 is 14.3 Å². The van der Waals surface area contributed by atoms with Crippen LogP contribution < -0.4 is 9.47 Å². The zero-order valence-electron chi connectivity index (χ0n) is 17.2. The SMILES string of the molecule is CCOc1cc(C[C@@H]2SC(=S)N(CCC3CCCCC3)C2=O)c(C)cc1OC. The molecule has 1 saturated carbocycles. The number of aryl methyl sites for hydroxylation is 1. The van der Waals surface area contributed by atoms with Crippen molar-refractivity contribution >= 4 is 34.2 Å². The van der Waals surface area contributed by atoms with E-state index in [1.54, 1.807) is 7.11 Å². The van der Waals surface area contributed by atoms with Crippen molar-refractivity contribution in [3.8, 4) is 11.5 Å². The molecule has 0 bridgehead atoms. The topological polar surface area (TPSA) is 38.8 Å². The summed E-state index contributed by atoms with van der Waals surface area (Å²) in [5, 5.41) is -0.138. The van der Waals surface area contributed by atoms with Crippen molar-refractivity contribution in [1.82, 2.24) is 4.90 Å². The number of carbonyl (C=O) groups excluding carboxylic acids is 1. The van der Waals surface area contributed by atoms with E-state index in [2.05, 4.69) is 6.92 Å². The molecule has 28 heavy (non-hydrogen) atoms. The summed E-state index contributed by atoms with van der Waals surface area (Å²) in [7, 11) is 1.65. The Morgan fingerprint density at radius 1 is 1.21 bits per heavy atom. The summed E-state index contributed by atoms with van der Waals surface area (Å²) in [6, 6.07) is 4.00. The Morgan fingerprint density at radius 2 is 1.96 bits per heavy atom. The lowest BCUT2D eigenvalue weighted by Crippen LogP contribution is -2.34. The number of amides is 1. The molecular weight excluding hydrogens is 390 g/mol. The zero-order valence-corrected chi connectivity index (χ0v) is 18.8. The van der Waals surface area contributed by atoms with Gasteiger partial charge in [-0.3, -0.25) is 9.69 Å². The Morgan fingerprint density at radius 3 is 2.64 bits per heavy atom. The van der Waals surface area contributed by atoms with Gasteiger partial charge < -0.3 is 9.47 Å². The smallest absolute Gasteiger partial charge is 0.241 e. The van der Waals surface area contributed by atoms with E-state index < -0.39 is 0 Å². The predicted octanol–water partition coefficient (Wildman–Crippen LogP) is 5.14. The molecule has 0 radical (unpaired) electrons. The first-order valence-corrected chi connectivity index (χ1v) is 11.6. The second kappa shape index (κ2) is 9.97. The van der Waals surface area contributed by atoms with E-state index in [0.29, 0.717) is 13.0 Å². The second-order valence-corrected chi connectivity index (χ2v) is 9.56. The number of thiocarbonyl (C=S) groups is 1. The van der Waals surface area contributed by atoms with Gasteiger partial charge in [-0.2, -0.15) is 0 Å². The number of rotatable bonds is 8. The standard InChI is InChI=1S/C22H31NO3S2/c1-4-26-19-13-17(15(2)12-18(19)25-3)14-20-21(24)23(22(27)28-20)11-10-16-8-6-5-7-9-16/h12-13,16,20H,4-11,14H2,1-3H3/t20-/m0/s1. The Balaban J connectivity index is 1.65. The van der Waals surface area contributed by atoms with Gasteiger partial charge in [-0.25, -0.2) is 0 Å². The van der Waals surface area contributed by atoms with Crippen LogP contribution in [0.2, 0.25) is 0 Å². The molecule has 154 valence electrons. The average Bonchev–Trinajstić information content (AvgIpc) is 2.96. The number of carbonyl (C=O) groups is 1. The molecule has 1 heterocycles. The van der Waals surface area contributed by atoms with E-state index in [4.69, 9.17) is 21.7 Å². The summed E-state index contributed by atoms with van der Waals surface area (Å²) >= 11 is 7.08. The number of hydrogen-bond donors (Lipinski definition) is 0. The van der Waals surface area contributed by atoms with E-state index in [0.717, 1.165) is 45.8 Å². The minimum absolute atomic E-state index is 0.138. The predicted molar refractivity (Wildman–Crippen MR) is 119 cm³/mol. The van der Waals surface area contributed by atoms with Crippen LogP contribution in [-0.2, 0) is 11.2 Å². The third kappa shape index (κ3) is 5.01. The number of thioether (sulfide) groups is 1. The van der Waals surface area contributed by atoms with E-state index >= 15 is 0 Å². The maximum absolute atomic E-state index is 13.0. The molecule has 1 aromatic rings. The average molecular weight is 422 g/mol. The Hall–Kier alpha value is -1.27. The minimum atomic E-state index is -0.138. The van der Waals surface area contributed by atoms with E-state index in [-0.39, 0.29) is 11.2 Å². The number of hydrogen-bond acceptors (Lipinski definition) is 5. The molecule has 2 aliphatic rings. The van der Waals surface area contributed by atoms with Gasteiger partial charge in [0.2, 0.25) is 5.91 Å². The highest BCUT2D eigenvalue weighted by Gasteiger charge is 2.37. The van der Waals surface area contributed by atoms with Crippen molar-refractivity contribution in [2.75, 3.05) is 20.3 Å². The van der Waals surface area contributed by atoms with E-state index in [1.807, 2.05) is 24.0 Å². The molecule has 1 aliphatic heterocycles. The van der Waals surface area contributed by atoms with Gasteiger partial charge in [-0.1, -0.05) is 56.1 Å². The van der Waals surface area contributed by atoms with Gasteiger partial charge in [0.05, 0.1) is 19.0 Å². The summed E-state index contributed by atoms with van der Waals surface area (Å²) in [5.74, 6) is 2.39. The van der Waals surface area contributed by atoms with Crippen LogP contribution in [0.25, 0.3) is 0 Å². The first kappa shape index (κ1) is 21.4. The van der Waals surface area contributed by atoms with E-state index in [1.165, 1.54) is 43.9 Å². The van der Waals surface area contributed by atoms with Crippen molar-refractivity contribution in [2.45, 2.75) is 64.0 Å². The summed E-state index contributed by atoms with van der Waals surface area (Å²) < 4.78 is 11.9. The Kier molecular flexibility index (Phi) is 7.63.